The summed E-state index contributed by atoms with van der Waals surface area (Å²) in [5.74, 6) is 2.40. The van der Waals surface area contributed by atoms with Gasteiger partial charge in [0, 0.05) is 23.5 Å². The smallest absolute Gasteiger partial charge is 0.231 e. The van der Waals surface area contributed by atoms with Crippen LogP contribution in [0.5, 0.6) is 23.0 Å². The van der Waals surface area contributed by atoms with E-state index in [0.717, 1.165) is 11.1 Å². The van der Waals surface area contributed by atoms with Gasteiger partial charge >= 0.3 is 0 Å². The van der Waals surface area contributed by atoms with Crippen molar-refractivity contribution in [2.75, 3.05) is 26.3 Å². The first-order valence-corrected chi connectivity index (χ1v) is 7.10. The number of fused-ring (bicyclic) bond motifs is 2. The number of benzene rings is 1. The van der Waals surface area contributed by atoms with Gasteiger partial charge in [-0.15, -0.1) is 0 Å². The predicted octanol–water partition coefficient (Wildman–Crippen LogP) is 1.63. The number of anilines is 1. The molecule has 3 heterocycles. The molecule has 2 aromatic rings. The van der Waals surface area contributed by atoms with E-state index in [-0.39, 0.29) is 25.0 Å². The van der Waals surface area contributed by atoms with Gasteiger partial charge in [0.1, 0.15) is 5.82 Å². The van der Waals surface area contributed by atoms with E-state index in [4.69, 9.17) is 18.9 Å². The minimum Gasteiger partial charge on any atom is -0.493 e. The van der Waals surface area contributed by atoms with E-state index < -0.39 is 0 Å². The van der Waals surface area contributed by atoms with E-state index in [1.54, 1.807) is 20.4 Å². The molecule has 0 bridgehead atoms. The first-order chi connectivity index (χ1) is 11.2. The molecule has 0 saturated carbocycles. The van der Waals surface area contributed by atoms with Crippen LogP contribution in [-0.4, -0.2) is 37.1 Å². The zero-order valence-electron chi connectivity index (χ0n) is 12.6. The van der Waals surface area contributed by atoms with Crippen LogP contribution >= 0.6 is 0 Å². The average Bonchev–Trinajstić information content (AvgIpc) is 3.21. The number of ether oxygens (including phenoxy) is 4. The van der Waals surface area contributed by atoms with Crippen LogP contribution in [0.4, 0.5) is 5.82 Å². The minimum atomic E-state index is -0.212. The molecule has 0 fully saturated rings. The van der Waals surface area contributed by atoms with Crippen LogP contribution in [0.2, 0.25) is 0 Å². The lowest BCUT2D eigenvalue weighted by atomic mass is 9.86. The average molecular weight is 317 g/mol. The molecule has 0 saturated heterocycles. The Morgan fingerprint density at radius 3 is 2.83 bits per heavy atom. The van der Waals surface area contributed by atoms with Crippen molar-refractivity contribution in [1.29, 1.82) is 0 Å². The Bertz CT molecular complexity index is 786. The number of carbonyl (C=O) groups is 1. The molecular formula is C15H15N3O5. The number of aromatic amines is 1. The summed E-state index contributed by atoms with van der Waals surface area (Å²) in [6, 6.07) is 1.83. The summed E-state index contributed by atoms with van der Waals surface area (Å²) in [7, 11) is 3.12. The molecule has 23 heavy (non-hydrogen) atoms. The maximum absolute atomic E-state index is 12.0. The summed E-state index contributed by atoms with van der Waals surface area (Å²) in [5, 5.41) is 9.59. The molecule has 0 radical (unpaired) electrons. The van der Waals surface area contributed by atoms with Gasteiger partial charge in [0.2, 0.25) is 24.2 Å². The lowest BCUT2D eigenvalue weighted by Crippen LogP contribution is -2.23. The fraction of sp³-hybridized carbons (Fsp3) is 0.333. The Labute approximate surface area is 131 Å². The summed E-state index contributed by atoms with van der Waals surface area (Å²) < 4.78 is 21.9. The van der Waals surface area contributed by atoms with Crippen molar-refractivity contribution in [2.45, 2.75) is 12.3 Å². The largest absolute Gasteiger partial charge is 0.493 e. The number of methoxy groups -OCH3 is 2. The second-order valence-electron chi connectivity index (χ2n) is 5.27. The molecule has 120 valence electrons. The lowest BCUT2D eigenvalue weighted by Gasteiger charge is -2.24. The fourth-order valence-corrected chi connectivity index (χ4v) is 3.08. The molecule has 2 aliphatic rings. The summed E-state index contributed by atoms with van der Waals surface area (Å²) in [4.78, 5) is 12.0. The van der Waals surface area contributed by atoms with Crippen molar-refractivity contribution in [2.24, 2.45) is 0 Å². The molecule has 8 heteroatoms. The van der Waals surface area contributed by atoms with Crippen LogP contribution in [-0.2, 0) is 4.79 Å². The monoisotopic (exact) mass is 317 g/mol. The van der Waals surface area contributed by atoms with Crippen molar-refractivity contribution in [3.05, 3.63) is 23.4 Å². The van der Waals surface area contributed by atoms with E-state index in [9.17, 15) is 4.79 Å². The van der Waals surface area contributed by atoms with Gasteiger partial charge in [0.25, 0.3) is 0 Å². The van der Waals surface area contributed by atoms with Crippen LogP contribution in [0.1, 0.15) is 23.5 Å². The maximum Gasteiger partial charge on any atom is 0.231 e. The Balaban J connectivity index is 1.91. The van der Waals surface area contributed by atoms with Crippen LogP contribution < -0.4 is 24.3 Å². The number of hydrogen-bond donors (Lipinski definition) is 2. The van der Waals surface area contributed by atoms with Gasteiger partial charge in [-0.3, -0.25) is 9.89 Å². The van der Waals surface area contributed by atoms with Crippen LogP contribution in [0.25, 0.3) is 0 Å². The molecule has 1 aromatic carbocycles. The number of carbonyl (C=O) groups excluding carboxylic acids is 1. The quantitative estimate of drug-likeness (QED) is 0.893. The fourth-order valence-electron chi connectivity index (χ4n) is 3.08. The lowest BCUT2D eigenvalue weighted by molar-refractivity contribution is -0.116. The van der Waals surface area contributed by atoms with Gasteiger partial charge in [-0.25, -0.2) is 0 Å². The zero-order chi connectivity index (χ0) is 16.0. The number of rotatable bonds is 3. The Kier molecular flexibility index (Phi) is 3.03. The summed E-state index contributed by atoms with van der Waals surface area (Å²) in [6.07, 6.45) is 1.99. The number of amides is 1. The minimum absolute atomic E-state index is 0.0922. The van der Waals surface area contributed by atoms with Crippen molar-refractivity contribution in [1.82, 2.24) is 10.2 Å². The second-order valence-corrected chi connectivity index (χ2v) is 5.27. The number of H-pyrrole nitrogens is 1. The first kappa shape index (κ1) is 13.7. The molecule has 2 aliphatic heterocycles. The Morgan fingerprint density at radius 1 is 1.22 bits per heavy atom. The molecule has 0 spiro atoms. The third kappa shape index (κ3) is 1.98. The highest BCUT2D eigenvalue weighted by Gasteiger charge is 2.35. The molecule has 8 nitrogen and oxygen atoms in total. The molecule has 1 atom stereocenters. The summed E-state index contributed by atoms with van der Waals surface area (Å²) in [5.41, 5.74) is 1.69. The van der Waals surface area contributed by atoms with Gasteiger partial charge < -0.3 is 24.3 Å². The molecule has 1 amide bonds. The molecule has 1 unspecified atom stereocenters. The third-order valence-electron chi connectivity index (χ3n) is 4.09. The Morgan fingerprint density at radius 2 is 2.04 bits per heavy atom. The summed E-state index contributed by atoms with van der Waals surface area (Å²) in [6.45, 7) is 0.105. The molecule has 2 N–H and O–H groups in total. The highest BCUT2D eigenvalue weighted by atomic mass is 16.7. The SMILES string of the molecule is COc1cc(C2CC(=O)Nc3[nH]ncc32)c(OC)c2c1OCO2. The second kappa shape index (κ2) is 5.08. The van der Waals surface area contributed by atoms with Crippen LogP contribution in [0.15, 0.2) is 12.3 Å². The van der Waals surface area contributed by atoms with Crippen LogP contribution in [0, 0.1) is 0 Å². The van der Waals surface area contributed by atoms with E-state index in [1.807, 2.05) is 6.07 Å². The van der Waals surface area contributed by atoms with Crippen molar-refractivity contribution in [3.8, 4) is 23.0 Å². The normalized spacial score (nSPS) is 18.3. The van der Waals surface area contributed by atoms with Gasteiger partial charge in [-0.1, -0.05) is 0 Å². The van der Waals surface area contributed by atoms with Crippen molar-refractivity contribution < 1.29 is 23.7 Å². The van der Waals surface area contributed by atoms with Gasteiger partial charge in [0.15, 0.2) is 11.5 Å². The maximum atomic E-state index is 12.0. The zero-order valence-corrected chi connectivity index (χ0v) is 12.6. The van der Waals surface area contributed by atoms with E-state index in [0.29, 0.717) is 28.8 Å². The van der Waals surface area contributed by atoms with E-state index >= 15 is 0 Å². The number of nitrogens with one attached hydrogen (secondary N) is 2. The number of nitrogens with zero attached hydrogens (tertiary/aromatic N) is 1. The highest BCUT2D eigenvalue weighted by Crippen LogP contribution is 2.53. The highest BCUT2D eigenvalue weighted by molar-refractivity contribution is 5.94. The summed E-state index contributed by atoms with van der Waals surface area (Å²) >= 11 is 0. The van der Waals surface area contributed by atoms with Gasteiger partial charge in [-0.05, 0) is 6.07 Å². The topological polar surface area (TPSA) is 94.7 Å². The van der Waals surface area contributed by atoms with Crippen molar-refractivity contribution >= 4 is 11.7 Å². The van der Waals surface area contributed by atoms with E-state index in [1.165, 1.54) is 0 Å². The van der Waals surface area contributed by atoms with Gasteiger partial charge in [-0.2, -0.15) is 5.10 Å². The van der Waals surface area contributed by atoms with Gasteiger partial charge in [0.05, 0.1) is 20.4 Å². The Hall–Kier alpha value is -2.90. The predicted molar refractivity (Wildman–Crippen MR) is 79.3 cm³/mol. The standard InChI is InChI=1S/C15H15N3O5/c1-20-10-3-8(12(21-2)14-13(10)22-6-23-14)7-4-11(19)17-15-9(7)5-16-18-15/h3,5,7H,4,6H2,1-2H3,(H2,16,17,18,19). The number of hydrogen-bond acceptors (Lipinski definition) is 6. The molecule has 4 rings (SSSR count). The number of aromatic nitrogens is 2. The molecule has 1 aromatic heterocycles. The molecule has 0 aliphatic carbocycles. The van der Waals surface area contributed by atoms with Crippen LogP contribution in [0.3, 0.4) is 0 Å². The molecular weight excluding hydrogens is 302 g/mol. The van der Waals surface area contributed by atoms with E-state index in [2.05, 4.69) is 15.5 Å². The first-order valence-electron chi connectivity index (χ1n) is 7.10. The van der Waals surface area contributed by atoms with Crippen molar-refractivity contribution in [3.63, 3.8) is 0 Å². The third-order valence-corrected chi connectivity index (χ3v) is 4.09.